The first-order chi connectivity index (χ1) is 9.42. The van der Waals surface area contributed by atoms with Gasteiger partial charge in [-0.25, -0.2) is 14.8 Å². The maximum absolute atomic E-state index is 11.2. The number of benzene rings is 1. The molecule has 3 N–H and O–H groups in total. The minimum absolute atomic E-state index is 0.0274. The molecule has 0 bridgehead atoms. The van der Waals surface area contributed by atoms with Crippen LogP contribution in [-0.2, 0) is 0 Å². The van der Waals surface area contributed by atoms with Crippen molar-refractivity contribution in [2.75, 3.05) is 12.8 Å². The topological polar surface area (TPSA) is 98.3 Å². The fourth-order valence-electron chi connectivity index (χ4n) is 1.87. The molecule has 0 aliphatic rings. The molecule has 1 aromatic carbocycles. The first kappa shape index (κ1) is 14.1. The van der Waals surface area contributed by atoms with Gasteiger partial charge in [0.2, 0.25) is 5.95 Å². The van der Waals surface area contributed by atoms with Crippen molar-refractivity contribution in [2.24, 2.45) is 0 Å². The van der Waals surface area contributed by atoms with Gasteiger partial charge < -0.3 is 15.6 Å². The number of nitrogens with two attached hydrogens (primary N) is 1. The van der Waals surface area contributed by atoms with E-state index in [0.29, 0.717) is 11.3 Å². The van der Waals surface area contributed by atoms with E-state index in [2.05, 4.69) is 9.97 Å². The zero-order valence-electron chi connectivity index (χ0n) is 10.8. The molecule has 1 heterocycles. The normalized spacial score (nSPS) is 10.3. The predicted octanol–water partition coefficient (Wildman–Crippen LogP) is 2.39. The monoisotopic (exact) mass is 293 g/mol. The van der Waals surface area contributed by atoms with Crippen LogP contribution in [0.3, 0.4) is 0 Å². The summed E-state index contributed by atoms with van der Waals surface area (Å²) in [4.78, 5) is 19.1. The van der Waals surface area contributed by atoms with E-state index >= 15 is 0 Å². The molecule has 6 nitrogen and oxygen atoms in total. The first-order valence-corrected chi connectivity index (χ1v) is 6.02. The number of nitrogen functional groups attached to an aromatic ring is 1. The van der Waals surface area contributed by atoms with Crippen LogP contribution < -0.4 is 10.5 Å². The number of hydrogen-bond acceptors (Lipinski definition) is 5. The van der Waals surface area contributed by atoms with Gasteiger partial charge in [-0.1, -0.05) is 11.6 Å². The van der Waals surface area contributed by atoms with Gasteiger partial charge in [-0.05, 0) is 24.6 Å². The van der Waals surface area contributed by atoms with Crippen LogP contribution in [0.15, 0.2) is 18.2 Å². The molecule has 2 aromatic rings. The van der Waals surface area contributed by atoms with Gasteiger partial charge in [0.05, 0.1) is 12.8 Å². The van der Waals surface area contributed by atoms with Crippen LogP contribution in [0.1, 0.15) is 15.9 Å². The molecule has 0 saturated carbocycles. The van der Waals surface area contributed by atoms with Crippen molar-refractivity contribution in [3.05, 3.63) is 34.5 Å². The highest BCUT2D eigenvalue weighted by atomic mass is 35.5. The van der Waals surface area contributed by atoms with Gasteiger partial charge in [-0.15, -0.1) is 0 Å². The van der Waals surface area contributed by atoms with Crippen molar-refractivity contribution in [1.29, 1.82) is 0 Å². The molecule has 0 fully saturated rings. The molecule has 0 saturated heterocycles. The summed E-state index contributed by atoms with van der Waals surface area (Å²) in [5.74, 6) is -0.775. The largest absolute Gasteiger partial charge is 0.496 e. The predicted molar refractivity (Wildman–Crippen MR) is 75.1 cm³/mol. The lowest BCUT2D eigenvalue weighted by molar-refractivity contribution is 0.0693. The van der Waals surface area contributed by atoms with E-state index in [4.69, 9.17) is 22.1 Å². The van der Waals surface area contributed by atoms with Crippen molar-refractivity contribution in [3.8, 4) is 17.0 Å². The molecule has 7 heteroatoms. The number of hydrogen-bond donors (Lipinski definition) is 2. The number of aromatic carboxylic acids is 1. The average molecular weight is 294 g/mol. The Bertz CT molecular complexity index is 669. The highest BCUT2D eigenvalue weighted by Crippen LogP contribution is 2.30. The first-order valence-electron chi connectivity index (χ1n) is 5.64. The summed E-state index contributed by atoms with van der Waals surface area (Å²) in [6, 6.07) is 4.64. The van der Waals surface area contributed by atoms with Crippen LogP contribution in [-0.4, -0.2) is 28.2 Å². The number of aromatic nitrogens is 2. The van der Waals surface area contributed by atoms with Crippen LogP contribution in [0.4, 0.5) is 5.95 Å². The van der Waals surface area contributed by atoms with Gasteiger partial charge in [-0.2, -0.15) is 0 Å². The molecule has 0 unspecified atom stereocenters. The number of ether oxygens (including phenoxy) is 1. The Morgan fingerprint density at radius 2 is 2.05 bits per heavy atom. The fourth-order valence-corrected chi connectivity index (χ4v) is 2.06. The van der Waals surface area contributed by atoms with Gasteiger partial charge in [0.25, 0.3) is 0 Å². The Morgan fingerprint density at radius 3 is 2.60 bits per heavy atom. The number of methoxy groups -OCH3 is 1. The van der Waals surface area contributed by atoms with Gasteiger partial charge in [-0.3, -0.25) is 0 Å². The molecule has 0 radical (unpaired) electrons. The molecule has 0 amide bonds. The molecule has 104 valence electrons. The highest BCUT2D eigenvalue weighted by molar-refractivity contribution is 6.29. The summed E-state index contributed by atoms with van der Waals surface area (Å²) in [5, 5.41) is 9.40. The molecule has 2 rings (SSSR count). The van der Waals surface area contributed by atoms with Crippen LogP contribution >= 0.6 is 11.6 Å². The number of halogens is 1. The Labute approximate surface area is 120 Å². The summed E-state index contributed by atoms with van der Waals surface area (Å²) in [5.41, 5.74) is 7.46. The third-order valence-electron chi connectivity index (χ3n) is 2.77. The fraction of sp³-hybridized carbons (Fsp3) is 0.154. The lowest BCUT2D eigenvalue weighted by Crippen LogP contribution is -2.03. The lowest BCUT2D eigenvalue weighted by Gasteiger charge is -2.11. The third-order valence-corrected chi connectivity index (χ3v) is 2.96. The summed E-state index contributed by atoms with van der Waals surface area (Å²) in [6.07, 6.45) is 0. The number of anilines is 1. The van der Waals surface area contributed by atoms with E-state index in [0.717, 1.165) is 5.56 Å². The molecular weight excluding hydrogens is 282 g/mol. The average Bonchev–Trinajstić information content (AvgIpc) is 2.36. The van der Waals surface area contributed by atoms with Gasteiger partial charge in [0, 0.05) is 11.6 Å². The number of nitrogens with zero attached hydrogens (tertiary/aromatic N) is 2. The molecule has 1 aromatic heterocycles. The maximum Gasteiger partial charge on any atom is 0.339 e. The van der Waals surface area contributed by atoms with E-state index in [1.165, 1.54) is 19.2 Å². The second-order valence-electron chi connectivity index (χ2n) is 4.11. The summed E-state index contributed by atoms with van der Waals surface area (Å²) >= 11 is 5.84. The Balaban J connectivity index is 2.67. The smallest absolute Gasteiger partial charge is 0.339 e. The molecule has 0 atom stereocenters. The molecule has 0 aliphatic heterocycles. The van der Waals surface area contributed by atoms with Gasteiger partial charge >= 0.3 is 5.97 Å². The Morgan fingerprint density at radius 1 is 1.35 bits per heavy atom. The summed E-state index contributed by atoms with van der Waals surface area (Å²) in [6.45, 7) is 1.82. The van der Waals surface area contributed by atoms with E-state index in [1.54, 1.807) is 6.07 Å². The van der Waals surface area contributed by atoms with Crippen molar-refractivity contribution in [3.63, 3.8) is 0 Å². The number of carbonyl (C=O) groups is 1. The number of rotatable bonds is 3. The van der Waals surface area contributed by atoms with E-state index in [1.807, 2.05) is 6.92 Å². The van der Waals surface area contributed by atoms with Crippen LogP contribution in [0.5, 0.6) is 5.75 Å². The van der Waals surface area contributed by atoms with Crippen molar-refractivity contribution < 1.29 is 14.6 Å². The summed E-state index contributed by atoms with van der Waals surface area (Å²) < 4.78 is 5.06. The Hall–Kier alpha value is -2.34. The van der Waals surface area contributed by atoms with Crippen LogP contribution in [0.2, 0.25) is 5.15 Å². The van der Waals surface area contributed by atoms with Crippen molar-refractivity contribution in [2.45, 2.75) is 6.92 Å². The quantitative estimate of drug-likeness (QED) is 0.843. The minimum Gasteiger partial charge on any atom is -0.496 e. The third kappa shape index (κ3) is 2.65. The number of aryl methyl sites for hydroxylation is 1. The number of carboxylic acid groups (broad SMARTS) is 1. The van der Waals surface area contributed by atoms with E-state index in [-0.39, 0.29) is 22.4 Å². The SMILES string of the molecule is COc1cc(C)c(-c2cc(Cl)nc(N)n2)cc1C(=O)O. The molecular formula is C13H12ClN3O3. The van der Waals surface area contributed by atoms with Crippen molar-refractivity contribution >= 4 is 23.5 Å². The zero-order chi connectivity index (χ0) is 14.9. The van der Waals surface area contributed by atoms with Gasteiger partial charge in [0.15, 0.2) is 0 Å². The lowest BCUT2D eigenvalue weighted by atomic mass is 10.0. The minimum atomic E-state index is -1.09. The van der Waals surface area contributed by atoms with E-state index < -0.39 is 5.97 Å². The highest BCUT2D eigenvalue weighted by Gasteiger charge is 2.16. The summed E-state index contributed by atoms with van der Waals surface area (Å²) in [7, 11) is 1.42. The molecule has 20 heavy (non-hydrogen) atoms. The zero-order valence-corrected chi connectivity index (χ0v) is 11.6. The van der Waals surface area contributed by atoms with Crippen LogP contribution in [0, 0.1) is 6.92 Å². The van der Waals surface area contributed by atoms with Crippen LogP contribution in [0.25, 0.3) is 11.3 Å². The molecule has 0 spiro atoms. The second kappa shape index (κ2) is 5.34. The van der Waals surface area contributed by atoms with Crippen molar-refractivity contribution in [1.82, 2.24) is 9.97 Å². The number of carboxylic acids is 1. The van der Waals surface area contributed by atoms with E-state index in [9.17, 15) is 9.90 Å². The molecule has 0 aliphatic carbocycles. The maximum atomic E-state index is 11.2. The second-order valence-corrected chi connectivity index (χ2v) is 4.49. The Kier molecular flexibility index (Phi) is 3.76. The van der Waals surface area contributed by atoms with Gasteiger partial charge in [0.1, 0.15) is 16.5 Å². The standard InChI is InChI=1S/C13H12ClN3O3/c1-6-3-10(20-2)8(12(18)19)4-7(6)9-5-11(14)17-13(15)16-9/h3-5H,1-2H3,(H,18,19)(H2,15,16,17).